The molecule has 26 heavy (non-hydrogen) atoms. The van der Waals surface area contributed by atoms with E-state index < -0.39 is 6.10 Å². The Kier molecular flexibility index (Phi) is 7.75. The van der Waals surface area contributed by atoms with Gasteiger partial charge in [0, 0.05) is 6.54 Å². The maximum absolute atomic E-state index is 10.1. The lowest BCUT2D eigenvalue weighted by Gasteiger charge is -2.16. The topological polar surface area (TPSA) is 60.0 Å². The molecule has 5 heteroatoms. The Labute approximate surface area is 155 Å². The number of aliphatic hydroxyl groups is 1. The summed E-state index contributed by atoms with van der Waals surface area (Å²) >= 11 is 0. The van der Waals surface area contributed by atoms with Crippen LogP contribution in [0.4, 0.5) is 0 Å². The van der Waals surface area contributed by atoms with Crippen LogP contribution in [0.2, 0.25) is 0 Å². The van der Waals surface area contributed by atoms with Crippen molar-refractivity contribution in [3.63, 3.8) is 0 Å². The Balaban J connectivity index is 1.72. The summed E-state index contributed by atoms with van der Waals surface area (Å²) in [5.74, 6) is 2.31. The molecule has 0 amide bonds. The van der Waals surface area contributed by atoms with E-state index in [2.05, 4.69) is 5.32 Å². The monoisotopic (exact) mass is 359 g/mol. The number of hydrogen-bond acceptors (Lipinski definition) is 5. The van der Waals surface area contributed by atoms with E-state index in [1.807, 2.05) is 50.2 Å². The summed E-state index contributed by atoms with van der Waals surface area (Å²) in [6.07, 6.45) is 0.282. The van der Waals surface area contributed by atoms with Crippen molar-refractivity contribution in [2.45, 2.75) is 26.4 Å². The van der Waals surface area contributed by atoms with Crippen molar-refractivity contribution in [3.05, 3.63) is 53.1 Å². The van der Waals surface area contributed by atoms with Crippen LogP contribution in [0.3, 0.4) is 0 Å². The molecule has 5 nitrogen and oxygen atoms in total. The molecule has 0 aromatic heterocycles. The maximum Gasteiger partial charge on any atom is 0.160 e. The average molecular weight is 359 g/mol. The molecule has 0 radical (unpaired) electrons. The Morgan fingerprint density at radius 1 is 1.00 bits per heavy atom. The third-order valence-electron chi connectivity index (χ3n) is 4.25. The molecule has 2 N–H and O–H groups in total. The number of aliphatic hydroxyl groups excluding tert-OH is 1. The summed E-state index contributed by atoms with van der Waals surface area (Å²) in [5.41, 5.74) is 3.31. The fourth-order valence-electron chi connectivity index (χ4n) is 2.80. The number of ether oxygens (including phenoxy) is 3. The predicted molar refractivity (Wildman–Crippen MR) is 104 cm³/mol. The molecule has 2 rings (SSSR count). The molecule has 0 saturated carbocycles. The predicted octanol–water partition coefficient (Wildman–Crippen LogP) is 2.89. The minimum Gasteiger partial charge on any atom is -0.493 e. The van der Waals surface area contributed by atoms with Crippen molar-refractivity contribution in [3.8, 4) is 17.2 Å². The lowest BCUT2D eigenvalue weighted by atomic mass is 10.1. The van der Waals surface area contributed by atoms with Crippen LogP contribution in [0.25, 0.3) is 0 Å². The van der Waals surface area contributed by atoms with Crippen LogP contribution in [-0.2, 0) is 6.42 Å². The summed E-state index contributed by atoms with van der Waals surface area (Å²) in [5, 5.41) is 13.4. The van der Waals surface area contributed by atoms with Gasteiger partial charge in [-0.1, -0.05) is 24.3 Å². The van der Waals surface area contributed by atoms with Crippen molar-refractivity contribution in [2.24, 2.45) is 0 Å². The van der Waals surface area contributed by atoms with E-state index in [0.717, 1.165) is 46.9 Å². The van der Waals surface area contributed by atoms with Crippen LogP contribution in [0, 0.1) is 13.8 Å². The van der Waals surface area contributed by atoms with Gasteiger partial charge >= 0.3 is 0 Å². The molecule has 0 bridgehead atoms. The summed E-state index contributed by atoms with van der Waals surface area (Å²) in [6, 6.07) is 11.9. The van der Waals surface area contributed by atoms with Gasteiger partial charge in [-0.2, -0.15) is 0 Å². The Morgan fingerprint density at radius 3 is 2.35 bits per heavy atom. The molecule has 0 aliphatic rings. The molecule has 0 saturated heterocycles. The standard InChI is InChI=1S/C21H29NO4/c1-15-6-5-7-16(2)21(15)26-14-18(23)13-22-11-10-17-8-9-19(24-3)20(12-17)25-4/h5-9,12,18,22-23H,10-11,13-14H2,1-4H3/t18-/m0/s1. The van der Waals surface area contributed by atoms with Gasteiger partial charge in [-0.3, -0.25) is 0 Å². The molecule has 0 aliphatic carbocycles. The summed E-state index contributed by atoms with van der Waals surface area (Å²) in [4.78, 5) is 0. The SMILES string of the molecule is COc1ccc(CCNC[C@H](O)COc2c(C)cccc2C)cc1OC. The van der Waals surface area contributed by atoms with Crippen molar-refractivity contribution in [1.29, 1.82) is 0 Å². The Hall–Kier alpha value is -2.24. The third kappa shape index (κ3) is 5.64. The minimum absolute atomic E-state index is 0.273. The van der Waals surface area contributed by atoms with Crippen molar-refractivity contribution < 1.29 is 19.3 Å². The number of para-hydroxylation sites is 1. The highest BCUT2D eigenvalue weighted by atomic mass is 16.5. The van der Waals surface area contributed by atoms with E-state index in [1.54, 1.807) is 14.2 Å². The van der Waals surface area contributed by atoms with Gasteiger partial charge in [-0.15, -0.1) is 0 Å². The zero-order chi connectivity index (χ0) is 18.9. The van der Waals surface area contributed by atoms with Crippen LogP contribution in [0.1, 0.15) is 16.7 Å². The van der Waals surface area contributed by atoms with Crippen LogP contribution < -0.4 is 19.5 Å². The number of nitrogens with one attached hydrogen (secondary N) is 1. The largest absolute Gasteiger partial charge is 0.493 e. The second-order valence-electron chi connectivity index (χ2n) is 6.33. The number of aryl methyl sites for hydroxylation is 2. The van der Waals surface area contributed by atoms with Gasteiger partial charge in [-0.25, -0.2) is 0 Å². The van der Waals surface area contributed by atoms with Crippen LogP contribution >= 0.6 is 0 Å². The van der Waals surface area contributed by atoms with Crippen LogP contribution in [-0.4, -0.2) is 45.1 Å². The maximum atomic E-state index is 10.1. The minimum atomic E-state index is -0.556. The smallest absolute Gasteiger partial charge is 0.160 e. The number of hydrogen-bond donors (Lipinski definition) is 2. The van der Waals surface area contributed by atoms with E-state index in [1.165, 1.54) is 0 Å². The summed E-state index contributed by atoms with van der Waals surface area (Å²) < 4.78 is 16.3. The fraction of sp³-hybridized carbons (Fsp3) is 0.429. The van der Waals surface area contributed by atoms with Gasteiger partial charge in [0.25, 0.3) is 0 Å². The second kappa shape index (κ2) is 10.0. The van der Waals surface area contributed by atoms with Gasteiger partial charge in [0.2, 0.25) is 0 Å². The zero-order valence-electron chi connectivity index (χ0n) is 16.0. The first kappa shape index (κ1) is 20.1. The molecule has 0 spiro atoms. The Bertz CT molecular complexity index is 682. The van der Waals surface area contributed by atoms with E-state index >= 15 is 0 Å². The highest BCUT2D eigenvalue weighted by Gasteiger charge is 2.09. The second-order valence-corrected chi connectivity index (χ2v) is 6.33. The van der Waals surface area contributed by atoms with Crippen molar-refractivity contribution >= 4 is 0 Å². The molecule has 2 aromatic carbocycles. The first-order chi connectivity index (χ1) is 12.5. The number of benzene rings is 2. The van der Waals surface area contributed by atoms with Crippen LogP contribution in [0.15, 0.2) is 36.4 Å². The summed E-state index contributed by atoms with van der Waals surface area (Å²) in [6.45, 7) is 5.54. The van der Waals surface area contributed by atoms with E-state index in [0.29, 0.717) is 6.54 Å². The molecule has 2 aromatic rings. The number of rotatable bonds is 10. The molecular formula is C21H29NO4. The lowest BCUT2D eigenvalue weighted by molar-refractivity contribution is 0.106. The first-order valence-electron chi connectivity index (χ1n) is 8.83. The molecule has 0 fully saturated rings. The Morgan fingerprint density at radius 2 is 1.69 bits per heavy atom. The van der Waals surface area contributed by atoms with Gasteiger partial charge in [0.1, 0.15) is 18.5 Å². The van der Waals surface area contributed by atoms with Gasteiger partial charge < -0.3 is 24.6 Å². The molecule has 0 unspecified atom stereocenters. The third-order valence-corrected chi connectivity index (χ3v) is 4.25. The van der Waals surface area contributed by atoms with E-state index in [9.17, 15) is 5.11 Å². The fourth-order valence-corrected chi connectivity index (χ4v) is 2.80. The highest BCUT2D eigenvalue weighted by molar-refractivity contribution is 5.43. The molecule has 0 aliphatic heterocycles. The number of methoxy groups -OCH3 is 2. The lowest BCUT2D eigenvalue weighted by Crippen LogP contribution is -2.32. The van der Waals surface area contributed by atoms with Gasteiger partial charge in [0.15, 0.2) is 11.5 Å². The summed E-state index contributed by atoms with van der Waals surface area (Å²) in [7, 11) is 3.26. The quantitative estimate of drug-likeness (QED) is 0.639. The van der Waals surface area contributed by atoms with E-state index in [4.69, 9.17) is 14.2 Å². The molecular weight excluding hydrogens is 330 g/mol. The molecule has 142 valence electrons. The van der Waals surface area contributed by atoms with E-state index in [-0.39, 0.29) is 6.61 Å². The van der Waals surface area contributed by atoms with Crippen molar-refractivity contribution in [1.82, 2.24) is 5.32 Å². The molecule has 1 atom stereocenters. The zero-order valence-corrected chi connectivity index (χ0v) is 16.0. The first-order valence-corrected chi connectivity index (χ1v) is 8.83. The van der Waals surface area contributed by atoms with Gasteiger partial charge in [-0.05, 0) is 55.6 Å². The normalized spacial score (nSPS) is 11.9. The van der Waals surface area contributed by atoms with Gasteiger partial charge in [0.05, 0.1) is 14.2 Å². The molecule has 0 heterocycles. The van der Waals surface area contributed by atoms with Crippen LogP contribution in [0.5, 0.6) is 17.2 Å². The average Bonchev–Trinajstić information content (AvgIpc) is 2.64. The van der Waals surface area contributed by atoms with Crippen molar-refractivity contribution in [2.75, 3.05) is 33.9 Å². The highest BCUT2D eigenvalue weighted by Crippen LogP contribution is 2.27.